The van der Waals surface area contributed by atoms with Gasteiger partial charge in [0.1, 0.15) is 12.1 Å². The minimum absolute atomic E-state index is 0.118. The zero-order valence-electron chi connectivity index (χ0n) is 8.44. The van der Waals surface area contributed by atoms with Crippen LogP contribution < -0.4 is 5.32 Å². The van der Waals surface area contributed by atoms with E-state index in [1.165, 1.54) is 0 Å². The molecule has 2 atom stereocenters. The van der Waals surface area contributed by atoms with Crippen molar-refractivity contribution in [2.45, 2.75) is 37.8 Å². The number of aliphatic carboxylic acids is 1. The molecule has 84 valence electrons. The normalized spacial score (nSPS) is 27.3. The molecule has 1 aliphatic heterocycles. The molecule has 2 rings (SSSR count). The van der Waals surface area contributed by atoms with Gasteiger partial charge in [0.2, 0.25) is 5.91 Å². The predicted octanol–water partition coefficient (Wildman–Crippen LogP) is 0.145. The first-order valence-electron chi connectivity index (χ1n) is 5.33. The quantitative estimate of drug-likeness (QED) is 0.696. The summed E-state index contributed by atoms with van der Waals surface area (Å²) in [6, 6.07) is -0.721. The Morgan fingerprint density at radius 1 is 1.33 bits per heavy atom. The van der Waals surface area contributed by atoms with Gasteiger partial charge in [0.15, 0.2) is 0 Å². The number of hydrogen-bond donors (Lipinski definition) is 2. The van der Waals surface area contributed by atoms with Crippen molar-refractivity contribution in [1.29, 1.82) is 0 Å². The number of carboxylic acids is 1. The number of hydrogen-bond acceptors (Lipinski definition) is 3. The number of nitrogens with one attached hydrogen (secondary N) is 1. The molecule has 2 aliphatic rings. The van der Waals surface area contributed by atoms with Gasteiger partial charge < -0.3 is 15.2 Å². The molecule has 0 aromatic heterocycles. The van der Waals surface area contributed by atoms with E-state index in [4.69, 9.17) is 9.84 Å². The monoisotopic (exact) mass is 213 g/mol. The lowest BCUT2D eigenvalue weighted by molar-refractivity contribution is -0.144. The first kappa shape index (κ1) is 10.4. The summed E-state index contributed by atoms with van der Waals surface area (Å²) in [6.07, 6.45) is 2.92. The van der Waals surface area contributed by atoms with E-state index in [-0.39, 0.29) is 11.8 Å². The predicted molar refractivity (Wildman–Crippen MR) is 51.3 cm³/mol. The lowest BCUT2D eigenvalue weighted by atomic mass is 10.1. The van der Waals surface area contributed by atoms with Gasteiger partial charge in [0, 0.05) is 6.61 Å². The standard InChI is InChI=1S/C10H15NO4/c12-9(7-2-1-5-15-7)11-8(10(13)14)6-3-4-6/h6-8H,1-5H2,(H,11,12)(H,13,14)/t7-,8?/m1/s1. The van der Waals surface area contributed by atoms with Crippen LogP contribution in [0.2, 0.25) is 0 Å². The van der Waals surface area contributed by atoms with E-state index in [2.05, 4.69) is 5.32 Å². The van der Waals surface area contributed by atoms with Gasteiger partial charge in [0.05, 0.1) is 0 Å². The number of ether oxygens (including phenoxy) is 1. The molecule has 15 heavy (non-hydrogen) atoms. The van der Waals surface area contributed by atoms with Crippen LogP contribution in [0.1, 0.15) is 25.7 Å². The van der Waals surface area contributed by atoms with E-state index < -0.39 is 18.1 Å². The highest BCUT2D eigenvalue weighted by molar-refractivity contribution is 5.86. The summed E-state index contributed by atoms with van der Waals surface area (Å²) in [5.74, 6) is -1.09. The fourth-order valence-electron chi connectivity index (χ4n) is 1.84. The van der Waals surface area contributed by atoms with E-state index in [1.807, 2.05) is 0 Å². The first-order chi connectivity index (χ1) is 7.18. The molecule has 1 saturated carbocycles. The van der Waals surface area contributed by atoms with Gasteiger partial charge >= 0.3 is 5.97 Å². The van der Waals surface area contributed by atoms with Crippen molar-refractivity contribution >= 4 is 11.9 Å². The smallest absolute Gasteiger partial charge is 0.326 e. The number of carbonyl (C=O) groups excluding carboxylic acids is 1. The SMILES string of the molecule is O=C(O)C(NC(=O)[C@H]1CCCO1)C1CC1. The topological polar surface area (TPSA) is 75.6 Å². The Labute approximate surface area is 87.8 Å². The van der Waals surface area contributed by atoms with Crippen LogP contribution in [-0.2, 0) is 14.3 Å². The van der Waals surface area contributed by atoms with Gasteiger partial charge in [-0.25, -0.2) is 4.79 Å². The first-order valence-corrected chi connectivity index (χ1v) is 5.33. The van der Waals surface area contributed by atoms with Crippen LogP contribution >= 0.6 is 0 Å². The maximum atomic E-state index is 11.6. The Bertz CT molecular complexity index is 269. The van der Waals surface area contributed by atoms with Crippen LogP contribution in [0.5, 0.6) is 0 Å². The van der Waals surface area contributed by atoms with Gasteiger partial charge in [-0.2, -0.15) is 0 Å². The Morgan fingerprint density at radius 3 is 2.53 bits per heavy atom. The molecule has 5 heteroatoms. The summed E-state index contributed by atoms with van der Waals surface area (Å²) in [6.45, 7) is 0.596. The zero-order chi connectivity index (χ0) is 10.8. The fourth-order valence-corrected chi connectivity index (χ4v) is 1.84. The molecule has 0 bridgehead atoms. The van der Waals surface area contributed by atoms with Crippen LogP contribution in [0, 0.1) is 5.92 Å². The van der Waals surface area contributed by atoms with E-state index in [0.29, 0.717) is 13.0 Å². The van der Waals surface area contributed by atoms with Crippen molar-refractivity contribution in [2.75, 3.05) is 6.61 Å². The largest absolute Gasteiger partial charge is 0.480 e. The van der Waals surface area contributed by atoms with E-state index in [9.17, 15) is 9.59 Å². The molecule has 0 aromatic rings. The molecule has 1 unspecified atom stereocenters. The van der Waals surface area contributed by atoms with Crippen LogP contribution in [0.3, 0.4) is 0 Å². The summed E-state index contributed by atoms with van der Waals surface area (Å²) >= 11 is 0. The van der Waals surface area contributed by atoms with Crippen LogP contribution in [0.4, 0.5) is 0 Å². The van der Waals surface area contributed by atoms with Crippen molar-refractivity contribution in [3.05, 3.63) is 0 Å². The molecule has 0 radical (unpaired) electrons. The van der Waals surface area contributed by atoms with Crippen molar-refractivity contribution in [3.63, 3.8) is 0 Å². The molecule has 1 saturated heterocycles. The Hall–Kier alpha value is -1.10. The van der Waals surface area contributed by atoms with Crippen molar-refractivity contribution in [1.82, 2.24) is 5.32 Å². The van der Waals surface area contributed by atoms with Gasteiger partial charge in [-0.1, -0.05) is 0 Å². The van der Waals surface area contributed by atoms with Gasteiger partial charge in [-0.3, -0.25) is 4.79 Å². The van der Waals surface area contributed by atoms with Gasteiger partial charge in [-0.15, -0.1) is 0 Å². The molecule has 2 N–H and O–H groups in total. The molecule has 0 spiro atoms. The number of rotatable bonds is 4. The molecule has 0 aromatic carbocycles. The highest BCUT2D eigenvalue weighted by Gasteiger charge is 2.38. The maximum absolute atomic E-state index is 11.6. The van der Waals surface area contributed by atoms with Gasteiger partial charge in [-0.05, 0) is 31.6 Å². The van der Waals surface area contributed by atoms with Crippen molar-refractivity contribution in [2.24, 2.45) is 5.92 Å². The molecule has 2 fully saturated rings. The lowest BCUT2D eigenvalue weighted by Crippen LogP contribution is -2.46. The molecular formula is C10H15NO4. The van der Waals surface area contributed by atoms with Crippen LogP contribution in [-0.4, -0.2) is 35.7 Å². The van der Waals surface area contributed by atoms with Crippen molar-refractivity contribution < 1.29 is 19.4 Å². The number of carboxylic acid groups (broad SMARTS) is 1. The molecule has 1 aliphatic carbocycles. The maximum Gasteiger partial charge on any atom is 0.326 e. The average molecular weight is 213 g/mol. The Kier molecular flexibility index (Phi) is 2.90. The van der Waals surface area contributed by atoms with E-state index in [1.54, 1.807) is 0 Å². The van der Waals surface area contributed by atoms with E-state index in [0.717, 1.165) is 19.3 Å². The Morgan fingerprint density at radius 2 is 2.07 bits per heavy atom. The Balaban J connectivity index is 1.87. The van der Waals surface area contributed by atoms with E-state index >= 15 is 0 Å². The number of carbonyl (C=O) groups is 2. The number of amides is 1. The minimum Gasteiger partial charge on any atom is -0.480 e. The second-order valence-corrected chi connectivity index (χ2v) is 4.16. The third kappa shape index (κ3) is 2.47. The summed E-state index contributed by atoms with van der Waals surface area (Å²) < 4.78 is 5.19. The highest BCUT2D eigenvalue weighted by Crippen LogP contribution is 2.32. The molecule has 1 amide bonds. The highest BCUT2D eigenvalue weighted by atomic mass is 16.5. The summed E-state index contributed by atoms with van der Waals surface area (Å²) in [7, 11) is 0. The lowest BCUT2D eigenvalue weighted by Gasteiger charge is -2.16. The zero-order valence-corrected chi connectivity index (χ0v) is 8.44. The van der Waals surface area contributed by atoms with Crippen molar-refractivity contribution in [3.8, 4) is 0 Å². The van der Waals surface area contributed by atoms with Crippen LogP contribution in [0.25, 0.3) is 0 Å². The second-order valence-electron chi connectivity index (χ2n) is 4.16. The average Bonchev–Trinajstić information content (AvgIpc) is 2.87. The van der Waals surface area contributed by atoms with Gasteiger partial charge in [0.25, 0.3) is 0 Å². The summed E-state index contributed by atoms with van der Waals surface area (Å²) in [4.78, 5) is 22.5. The van der Waals surface area contributed by atoms with Crippen LogP contribution in [0.15, 0.2) is 0 Å². The summed E-state index contributed by atoms with van der Waals surface area (Å²) in [5.41, 5.74) is 0. The summed E-state index contributed by atoms with van der Waals surface area (Å²) in [5, 5.41) is 11.5. The molecular weight excluding hydrogens is 198 g/mol. The second kappa shape index (κ2) is 4.18. The molecule has 1 heterocycles. The third-order valence-electron chi connectivity index (χ3n) is 2.88. The molecule has 5 nitrogen and oxygen atoms in total. The fraction of sp³-hybridized carbons (Fsp3) is 0.800. The minimum atomic E-state index is -0.941. The third-order valence-corrected chi connectivity index (χ3v) is 2.88.